The second-order valence-electron chi connectivity index (χ2n) is 6.83. The molecule has 5 aromatic rings. The molecule has 5 N–H and O–H groups in total. The molecule has 3 heterocycles. The van der Waals surface area contributed by atoms with Crippen molar-refractivity contribution in [3.8, 4) is 0 Å². The summed E-state index contributed by atoms with van der Waals surface area (Å²) >= 11 is 0. The highest BCUT2D eigenvalue weighted by Crippen LogP contribution is 2.26. The molecule has 0 radical (unpaired) electrons. The van der Waals surface area contributed by atoms with Gasteiger partial charge in [-0.2, -0.15) is 10.1 Å². The zero-order valence-corrected chi connectivity index (χ0v) is 15.3. The number of hydrogen-bond acceptors (Lipinski definition) is 5. The highest BCUT2D eigenvalue weighted by atomic mass is 15.1. The molecule has 7 heteroatoms. The number of rotatable bonds is 4. The molecule has 0 unspecified atom stereocenters. The van der Waals surface area contributed by atoms with Crippen LogP contribution in [0.3, 0.4) is 0 Å². The van der Waals surface area contributed by atoms with Gasteiger partial charge in [0.05, 0.1) is 17.4 Å². The Morgan fingerprint density at radius 1 is 1.07 bits per heavy atom. The summed E-state index contributed by atoms with van der Waals surface area (Å²) in [7, 11) is 0. The topological polar surface area (TPSA) is 108 Å². The molecule has 0 fully saturated rings. The van der Waals surface area contributed by atoms with Crippen molar-refractivity contribution in [2.24, 2.45) is 0 Å². The molecule has 0 amide bonds. The van der Waals surface area contributed by atoms with Crippen LogP contribution in [0.4, 0.5) is 17.5 Å². The van der Waals surface area contributed by atoms with E-state index in [9.17, 15) is 0 Å². The number of benzene rings is 2. The molecule has 0 saturated carbocycles. The molecule has 3 aromatic heterocycles. The lowest BCUT2D eigenvalue weighted by Gasteiger charge is -2.12. The van der Waals surface area contributed by atoms with Crippen molar-refractivity contribution < 1.29 is 0 Å². The minimum Gasteiger partial charge on any atom is -0.383 e. The molecule has 138 valence electrons. The summed E-state index contributed by atoms with van der Waals surface area (Å²) in [5.41, 5.74) is 12.3. The SMILES string of the molecule is Cc1nc(Nc2cccc3[nH]ccc23)nc(N)c1Cc1ccc2[nH]ncc2c1. The van der Waals surface area contributed by atoms with Crippen LogP contribution < -0.4 is 11.1 Å². The van der Waals surface area contributed by atoms with E-state index in [1.165, 1.54) is 0 Å². The monoisotopic (exact) mass is 369 g/mol. The Morgan fingerprint density at radius 2 is 2.00 bits per heavy atom. The van der Waals surface area contributed by atoms with Crippen molar-refractivity contribution >= 4 is 39.3 Å². The van der Waals surface area contributed by atoms with Crippen molar-refractivity contribution in [3.05, 3.63) is 71.7 Å². The predicted molar refractivity (Wildman–Crippen MR) is 112 cm³/mol. The third-order valence-electron chi connectivity index (χ3n) is 4.97. The van der Waals surface area contributed by atoms with E-state index >= 15 is 0 Å². The van der Waals surface area contributed by atoms with Crippen LogP contribution in [0.25, 0.3) is 21.8 Å². The molecule has 0 saturated heterocycles. The Kier molecular flexibility index (Phi) is 3.72. The second kappa shape index (κ2) is 6.38. The molecule has 0 spiro atoms. The standard InChI is InChI=1S/C21H19N7/c1-12-16(10-13-5-6-17-14(9-13)11-24-28-17)20(22)27-21(25-12)26-19-4-2-3-18-15(19)7-8-23-18/h2-9,11,23H,10H2,1H3,(H,24,28)(H3,22,25,26,27). The molecule has 0 aliphatic heterocycles. The second-order valence-corrected chi connectivity index (χ2v) is 6.83. The fourth-order valence-electron chi connectivity index (χ4n) is 3.51. The third-order valence-corrected chi connectivity index (χ3v) is 4.97. The maximum Gasteiger partial charge on any atom is 0.229 e. The minimum atomic E-state index is 0.489. The molecule has 0 aliphatic rings. The summed E-state index contributed by atoms with van der Waals surface area (Å²) in [6.07, 6.45) is 4.41. The summed E-state index contributed by atoms with van der Waals surface area (Å²) in [6.45, 7) is 1.96. The number of nitrogen functional groups attached to an aromatic ring is 1. The fraction of sp³-hybridized carbons (Fsp3) is 0.0952. The first-order valence-electron chi connectivity index (χ1n) is 9.05. The highest BCUT2D eigenvalue weighted by Gasteiger charge is 2.12. The lowest BCUT2D eigenvalue weighted by Crippen LogP contribution is -2.08. The quantitative estimate of drug-likeness (QED) is 0.382. The van der Waals surface area contributed by atoms with Crippen molar-refractivity contribution in [1.82, 2.24) is 25.1 Å². The van der Waals surface area contributed by atoms with Gasteiger partial charge in [-0.3, -0.25) is 5.10 Å². The molecule has 0 bridgehead atoms. The van der Waals surface area contributed by atoms with E-state index in [1.807, 2.05) is 49.6 Å². The van der Waals surface area contributed by atoms with Crippen molar-refractivity contribution in [3.63, 3.8) is 0 Å². The van der Waals surface area contributed by atoms with Gasteiger partial charge in [-0.05, 0) is 42.8 Å². The van der Waals surface area contributed by atoms with E-state index in [2.05, 4.69) is 42.6 Å². The maximum atomic E-state index is 6.29. The largest absolute Gasteiger partial charge is 0.383 e. The zero-order chi connectivity index (χ0) is 19.1. The predicted octanol–water partition coefficient (Wildman–Crippen LogP) is 4.06. The number of nitrogens with zero attached hydrogens (tertiary/aromatic N) is 3. The number of anilines is 3. The average molecular weight is 369 g/mol. The van der Waals surface area contributed by atoms with E-state index < -0.39 is 0 Å². The van der Waals surface area contributed by atoms with Gasteiger partial charge in [0.2, 0.25) is 5.95 Å². The number of hydrogen-bond donors (Lipinski definition) is 4. The Bertz CT molecular complexity index is 1280. The molecule has 28 heavy (non-hydrogen) atoms. The highest BCUT2D eigenvalue weighted by molar-refractivity contribution is 5.93. The fourth-order valence-corrected chi connectivity index (χ4v) is 3.51. The number of H-pyrrole nitrogens is 2. The van der Waals surface area contributed by atoms with Gasteiger partial charge in [-0.15, -0.1) is 0 Å². The Hall–Kier alpha value is -3.87. The molecular weight excluding hydrogens is 350 g/mol. The first-order chi connectivity index (χ1) is 13.7. The third kappa shape index (κ3) is 2.83. The Morgan fingerprint density at radius 3 is 2.89 bits per heavy atom. The van der Waals surface area contributed by atoms with Gasteiger partial charge in [-0.25, -0.2) is 4.98 Å². The van der Waals surface area contributed by atoms with Gasteiger partial charge in [-0.1, -0.05) is 12.1 Å². The lowest BCUT2D eigenvalue weighted by molar-refractivity contribution is 1.03. The summed E-state index contributed by atoms with van der Waals surface area (Å²) < 4.78 is 0. The van der Waals surface area contributed by atoms with Crippen molar-refractivity contribution in [2.45, 2.75) is 13.3 Å². The zero-order valence-electron chi connectivity index (χ0n) is 15.3. The van der Waals surface area contributed by atoms with Gasteiger partial charge in [0.15, 0.2) is 0 Å². The van der Waals surface area contributed by atoms with E-state index in [-0.39, 0.29) is 0 Å². The summed E-state index contributed by atoms with van der Waals surface area (Å²) in [5, 5.41) is 12.5. The van der Waals surface area contributed by atoms with Crippen LogP contribution in [-0.2, 0) is 6.42 Å². The van der Waals surface area contributed by atoms with Gasteiger partial charge < -0.3 is 16.0 Å². The van der Waals surface area contributed by atoms with Gasteiger partial charge >= 0.3 is 0 Å². The van der Waals surface area contributed by atoms with Crippen LogP contribution >= 0.6 is 0 Å². The normalized spacial score (nSPS) is 11.3. The summed E-state index contributed by atoms with van der Waals surface area (Å²) in [6, 6.07) is 14.2. The number of aromatic amines is 2. The molecular formula is C21H19N7. The lowest BCUT2D eigenvalue weighted by atomic mass is 10.0. The minimum absolute atomic E-state index is 0.489. The Balaban J connectivity index is 1.45. The van der Waals surface area contributed by atoms with Gasteiger partial charge in [0.25, 0.3) is 0 Å². The first-order valence-corrected chi connectivity index (χ1v) is 9.05. The van der Waals surface area contributed by atoms with Crippen LogP contribution in [0.15, 0.2) is 54.9 Å². The number of fused-ring (bicyclic) bond motifs is 2. The molecule has 0 aliphatic carbocycles. The van der Waals surface area contributed by atoms with Crippen LogP contribution in [-0.4, -0.2) is 25.1 Å². The first kappa shape index (κ1) is 16.3. The number of aryl methyl sites for hydroxylation is 1. The smallest absolute Gasteiger partial charge is 0.229 e. The number of aromatic nitrogens is 5. The van der Waals surface area contributed by atoms with Crippen molar-refractivity contribution in [2.75, 3.05) is 11.1 Å². The van der Waals surface area contributed by atoms with Gasteiger partial charge in [0.1, 0.15) is 5.82 Å². The molecule has 7 nitrogen and oxygen atoms in total. The van der Waals surface area contributed by atoms with Gasteiger partial charge in [0, 0.05) is 40.2 Å². The number of nitrogens with one attached hydrogen (secondary N) is 3. The molecule has 5 rings (SSSR count). The van der Waals surface area contributed by atoms with E-state index in [4.69, 9.17) is 5.73 Å². The van der Waals surface area contributed by atoms with Crippen LogP contribution in [0, 0.1) is 6.92 Å². The Labute approximate surface area is 161 Å². The van der Waals surface area contributed by atoms with Crippen LogP contribution in [0.5, 0.6) is 0 Å². The summed E-state index contributed by atoms with van der Waals surface area (Å²) in [5.74, 6) is 0.987. The number of nitrogens with two attached hydrogens (primary N) is 1. The van der Waals surface area contributed by atoms with Crippen LogP contribution in [0.2, 0.25) is 0 Å². The van der Waals surface area contributed by atoms with Crippen LogP contribution in [0.1, 0.15) is 16.8 Å². The van der Waals surface area contributed by atoms with E-state index in [0.29, 0.717) is 18.2 Å². The van der Waals surface area contributed by atoms with Crippen molar-refractivity contribution in [1.29, 1.82) is 0 Å². The maximum absolute atomic E-state index is 6.29. The molecule has 0 atom stereocenters. The average Bonchev–Trinajstić information content (AvgIpc) is 3.34. The van der Waals surface area contributed by atoms with E-state index in [1.54, 1.807) is 0 Å². The molecule has 2 aromatic carbocycles. The summed E-state index contributed by atoms with van der Waals surface area (Å²) in [4.78, 5) is 12.3. The van der Waals surface area contributed by atoms with E-state index in [0.717, 1.165) is 44.3 Å².